The van der Waals surface area contributed by atoms with Crippen molar-refractivity contribution in [2.24, 2.45) is 12.0 Å². The molecule has 1 aromatic heterocycles. The van der Waals surface area contributed by atoms with Crippen molar-refractivity contribution in [3.05, 3.63) is 11.6 Å². The molecule has 4 rings (SSSR count). The number of piperidine rings is 1. The van der Waals surface area contributed by atoms with Gasteiger partial charge in [0.15, 0.2) is 11.8 Å². The molecule has 2 N–H and O–H groups in total. The first kappa shape index (κ1) is 22.8. The van der Waals surface area contributed by atoms with Crippen LogP contribution in [0, 0.1) is 6.92 Å². The monoisotopic (exact) mass is 515 g/mol. The number of nitrogens with zero attached hydrogens (tertiary/aromatic N) is 5. The molecule has 2 aliphatic carbocycles. The zero-order valence-electron chi connectivity index (χ0n) is 18.1. The van der Waals surface area contributed by atoms with Crippen molar-refractivity contribution >= 4 is 29.9 Å². The Morgan fingerprint density at radius 2 is 1.52 bits per heavy atom. The summed E-state index contributed by atoms with van der Waals surface area (Å²) in [7, 11) is 2.01. The van der Waals surface area contributed by atoms with Gasteiger partial charge in [0, 0.05) is 38.3 Å². The lowest BCUT2D eigenvalue weighted by Crippen LogP contribution is -2.51. The highest BCUT2D eigenvalue weighted by molar-refractivity contribution is 14.0. The fourth-order valence-electron chi connectivity index (χ4n) is 5.01. The van der Waals surface area contributed by atoms with Gasteiger partial charge >= 0.3 is 0 Å². The third-order valence-corrected chi connectivity index (χ3v) is 6.97. The number of aryl methyl sites for hydroxylation is 1. The molecule has 0 spiro atoms. The Hall–Kier alpha value is -0.900. The van der Waals surface area contributed by atoms with Crippen LogP contribution in [-0.4, -0.2) is 56.8 Å². The zero-order chi connectivity index (χ0) is 19.3. The molecule has 3 fully saturated rings. The molecule has 0 radical (unpaired) electrons. The van der Waals surface area contributed by atoms with Crippen molar-refractivity contribution in [3.63, 3.8) is 0 Å². The largest absolute Gasteiger partial charge is 0.354 e. The highest BCUT2D eigenvalue weighted by Gasteiger charge is 2.28. The van der Waals surface area contributed by atoms with Gasteiger partial charge in [0.05, 0.1) is 0 Å². The smallest absolute Gasteiger partial charge is 0.192 e. The summed E-state index contributed by atoms with van der Waals surface area (Å²) in [6, 6.07) is 1.93. The van der Waals surface area contributed by atoms with Crippen LogP contribution in [0.3, 0.4) is 0 Å². The molecule has 3 aliphatic rings. The number of rotatable bonds is 5. The number of hydrogen-bond donors (Lipinski definition) is 2. The van der Waals surface area contributed by atoms with Gasteiger partial charge in [-0.2, -0.15) is 0 Å². The minimum absolute atomic E-state index is 0. The predicted octanol–water partition coefficient (Wildman–Crippen LogP) is 3.13. The van der Waals surface area contributed by atoms with Gasteiger partial charge in [0.25, 0.3) is 0 Å². The van der Waals surface area contributed by atoms with Crippen molar-refractivity contribution in [2.45, 2.75) is 95.8 Å². The summed E-state index contributed by atoms with van der Waals surface area (Å²) in [6.07, 6.45) is 13.2. The maximum Gasteiger partial charge on any atom is 0.192 e. The van der Waals surface area contributed by atoms with Gasteiger partial charge in [0.2, 0.25) is 0 Å². The summed E-state index contributed by atoms with van der Waals surface area (Å²) < 4.78 is 2.02. The van der Waals surface area contributed by atoms with E-state index in [1.165, 1.54) is 77.3 Å². The Morgan fingerprint density at radius 3 is 2.10 bits per heavy atom. The van der Waals surface area contributed by atoms with Crippen LogP contribution >= 0.6 is 24.0 Å². The summed E-state index contributed by atoms with van der Waals surface area (Å²) in [6.45, 7) is 5.00. The number of halogens is 1. The van der Waals surface area contributed by atoms with Crippen LogP contribution in [0.4, 0.5) is 0 Å². The molecule has 2 saturated carbocycles. The summed E-state index contributed by atoms with van der Waals surface area (Å²) in [5.74, 6) is 2.82. The quantitative estimate of drug-likeness (QED) is 0.358. The van der Waals surface area contributed by atoms with E-state index in [1.54, 1.807) is 0 Å². The van der Waals surface area contributed by atoms with Gasteiger partial charge in [0.1, 0.15) is 12.4 Å². The maximum absolute atomic E-state index is 4.88. The first-order valence-electron chi connectivity index (χ1n) is 11.4. The Kier molecular flexibility index (Phi) is 8.58. The molecule has 29 heavy (non-hydrogen) atoms. The van der Waals surface area contributed by atoms with Crippen molar-refractivity contribution in [1.29, 1.82) is 0 Å². The van der Waals surface area contributed by atoms with E-state index >= 15 is 0 Å². The Balaban J connectivity index is 0.00000240. The van der Waals surface area contributed by atoms with E-state index in [0.29, 0.717) is 18.6 Å². The van der Waals surface area contributed by atoms with Gasteiger partial charge in [-0.25, -0.2) is 4.99 Å². The van der Waals surface area contributed by atoms with Gasteiger partial charge in [-0.1, -0.05) is 25.7 Å². The molecule has 0 amide bonds. The van der Waals surface area contributed by atoms with E-state index in [0.717, 1.165) is 23.7 Å². The fraction of sp³-hybridized carbons (Fsp3) is 0.857. The fourth-order valence-corrected chi connectivity index (χ4v) is 5.01. The minimum atomic E-state index is 0. The number of hydrogen-bond acceptors (Lipinski definition) is 4. The van der Waals surface area contributed by atoms with Crippen molar-refractivity contribution in [1.82, 2.24) is 30.3 Å². The van der Waals surface area contributed by atoms with E-state index in [4.69, 9.17) is 4.99 Å². The molecule has 164 valence electrons. The highest BCUT2D eigenvalue weighted by atomic mass is 127. The molecule has 0 unspecified atom stereocenters. The van der Waals surface area contributed by atoms with E-state index < -0.39 is 0 Å². The molecule has 1 saturated heterocycles. The van der Waals surface area contributed by atoms with Crippen LogP contribution in [0.15, 0.2) is 4.99 Å². The molecule has 1 aromatic rings. The molecular weight excluding hydrogens is 477 g/mol. The number of nitrogens with one attached hydrogen (secondary N) is 2. The van der Waals surface area contributed by atoms with Crippen LogP contribution in [0.1, 0.15) is 75.9 Å². The van der Waals surface area contributed by atoms with E-state index in [-0.39, 0.29) is 24.0 Å². The average molecular weight is 515 g/mol. The second-order valence-corrected chi connectivity index (χ2v) is 8.91. The molecule has 7 nitrogen and oxygen atoms in total. The summed E-state index contributed by atoms with van der Waals surface area (Å²) in [5.41, 5.74) is 0. The molecular formula is C21H38IN7. The standard InChI is InChI=1S/C21H37N7.HI/c1-16-25-26-20(27(16)2)15-22-21(23-17-7-3-4-8-17)24-18-11-13-28(14-12-18)19-9-5-6-10-19;/h17-19H,3-15H2,1-2H3,(H2,22,23,24);1H. The summed E-state index contributed by atoms with van der Waals surface area (Å²) in [4.78, 5) is 7.61. The number of guanidine groups is 1. The van der Waals surface area contributed by atoms with Gasteiger partial charge in [-0.15, -0.1) is 34.2 Å². The molecule has 0 aromatic carbocycles. The summed E-state index contributed by atoms with van der Waals surface area (Å²) >= 11 is 0. The zero-order valence-corrected chi connectivity index (χ0v) is 20.4. The Labute approximate surface area is 192 Å². The minimum Gasteiger partial charge on any atom is -0.354 e. The van der Waals surface area contributed by atoms with E-state index in [9.17, 15) is 0 Å². The second kappa shape index (κ2) is 10.9. The third-order valence-electron chi connectivity index (χ3n) is 6.97. The van der Waals surface area contributed by atoms with Crippen molar-refractivity contribution < 1.29 is 0 Å². The van der Waals surface area contributed by atoms with Gasteiger partial charge < -0.3 is 20.1 Å². The van der Waals surface area contributed by atoms with E-state index in [2.05, 4.69) is 25.7 Å². The van der Waals surface area contributed by atoms with Gasteiger partial charge in [-0.05, 0) is 45.4 Å². The van der Waals surface area contributed by atoms with Crippen LogP contribution in [0.5, 0.6) is 0 Å². The number of likely N-dealkylation sites (tertiary alicyclic amines) is 1. The Bertz CT molecular complexity index is 654. The highest BCUT2D eigenvalue weighted by Crippen LogP contribution is 2.26. The lowest BCUT2D eigenvalue weighted by Gasteiger charge is -2.37. The SMILES string of the molecule is Cc1nnc(CN=C(NC2CCCC2)NC2CCN(C3CCCC3)CC2)n1C.I. The van der Waals surface area contributed by atoms with Crippen molar-refractivity contribution in [3.8, 4) is 0 Å². The van der Waals surface area contributed by atoms with Crippen LogP contribution in [0.2, 0.25) is 0 Å². The van der Waals surface area contributed by atoms with E-state index in [1.807, 2.05) is 18.5 Å². The normalized spacial score (nSPS) is 22.8. The third kappa shape index (κ3) is 6.06. The lowest BCUT2D eigenvalue weighted by molar-refractivity contribution is 0.150. The number of aliphatic imine (C=N–C) groups is 1. The van der Waals surface area contributed by atoms with Crippen LogP contribution in [-0.2, 0) is 13.6 Å². The summed E-state index contributed by atoms with van der Waals surface area (Å²) in [5, 5.41) is 15.9. The predicted molar refractivity (Wildman–Crippen MR) is 128 cm³/mol. The van der Waals surface area contributed by atoms with Crippen molar-refractivity contribution in [2.75, 3.05) is 13.1 Å². The Morgan fingerprint density at radius 1 is 0.931 bits per heavy atom. The second-order valence-electron chi connectivity index (χ2n) is 8.91. The maximum atomic E-state index is 4.88. The molecule has 0 bridgehead atoms. The molecule has 1 aliphatic heterocycles. The topological polar surface area (TPSA) is 70.4 Å². The first-order chi connectivity index (χ1) is 13.7. The van der Waals surface area contributed by atoms with Crippen LogP contribution in [0.25, 0.3) is 0 Å². The lowest BCUT2D eigenvalue weighted by atomic mass is 10.0. The molecule has 8 heteroatoms. The first-order valence-corrected chi connectivity index (χ1v) is 11.4. The van der Waals surface area contributed by atoms with Gasteiger partial charge in [-0.3, -0.25) is 0 Å². The average Bonchev–Trinajstić information content (AvgIpc) is 3.46. The molecule has 0 atom stereocenters. The van der Waals surface area contributed by atoms with Crippen LogP contribution < -0.4 is 10.6 Å². The molecule has 2 heterocycles. The number of aromatic nitrogens is 3.